The maximum Gasteiger partial charge on any atom is 0.121 e. The second kappa shape index (κ2) is 4.64. The lowest BCUT2D eigenvalue weighted by atomic mass is 10.2. The van der Waals surface area contributed by atoms with E-state index < -0.39 is 0 Å². The highest BCUT2D eigenvalue weighted by molar-refractivity contribution is 5.36. The highest BCUT2D eigenvalue weighted by atomic mass is 16.5. The Kier molecular flexibility index (Phi) is 3.49. The summed E-state index contributed by atoms with van der Waals surface area (Å²) in [5.41, 5.74) is 6.26. The zero-order chi connectivity index (χ0) is 10.6. The van der Waals surface area contributed by atoms with Gasteiger partial charge in [0, 0.05) is 6.04 Å². The Labute approximate surface area is 84.1 Å². The SMILES string of the molecule is CC(Oc1cccc(C#N)c1)[C@H](C)N. The van der Waals surface area contributed by atoms with E-state index in [1.54, 1.807) is 18.2 Å². The third-order valence-corrected chi connectivity index (χ3v) is 2.03. The van der Waals surface area contributed by atoms with Gasteiger partial charge in [0.25, 0.3) is 0 Å². The van der Waals surface area contributed by atoms with Gasteiger partial charge in [-0.15, -0.1) is 0 Å². The summed E-state index contributed by atoms with van der Waals surface area (Å²) >= 11 is 0. The average Bonchev–Trinajstić information content (AvgIpc) is 2.18. The van der Waals surface area contributed by atoms with Crippen molar-refractivity contribution in [2.24, 2.45) is 5.73 Å². The second-order valence-electron chi connectivity index (χ2n) is 3.32. The lowest BCUT2D eigenvalue weighted by Gasteiger charge is -2.17. The summed E-state index contributed by atoms with van der Waals surface area (Å²) in [5.74, 6) is 0.689. The molecule has 0 radical (unpaired) electrons. The number of hydrogen-bond donors (Lipinski definition) is 1. The molecule has 0 spiro atoms. The minimum absolute atomic E-state index is 0.0271. The van der Waals surface area contributed by atoms with E-state index in [-0.39, 0.29) is 12.1 Å². The van der Waals surface area contributed by atoms with Crippen LogP contribution in [0.5, 0.6) is 5.75 Å². The number of hydrogen-bond acceptors (Lipinski definition) is 3. The minimum atomic E-state index is -0.0519. The van der Waals surface area contributed by atoms with E-state index >= 15 is 0 Å². The topological polar surface area (TPSA) is 59.0 Å². The molecule has 0 amide bonds. The highest BCUT2D eigenvalue weighted by Gasteiger charge is 2.08. The zero-order valence-corrected chi connectivity index (χ0v) is 8.40. The Hall–Kier alpha value is -1.53. The predicted octanol–water partition coefficient (Wildman–Crippen LogP) is 1.67. The molecule has 14 heavy (non-hydrogen) atoms. The standard InChI is InChI=1S/C11H14N2O/c1-8(13)9(2)14-11-5-3-4-10(6-11)7-12/h3-6,8-9H,13H2,1-2H3/t8-,9?/m0/s1. The average molecular weight is 190 g/mol. The van der Waals surface area contributed by atoms with Gasteiger partial charge in [-0.25, -0.2) is 0 Å². The molecule has 74 valence electrons. The normalized spacial score (nSPS) is 14.1. The Morgan fingerprint density at radius 1 is 1.43 bits per heavy atom. The van der Waals surface area contributed by atoms with E-state index in [9.17, 15) is 0 Å². The summed E-state index contributed by atoms with van der Waals surface area (Å²) in [5, 5.41) is 8.68. The van der Waals surface area contributed by atoms with E-state index in [1.165, 1.54) is 0 Å². The van der Waals surface area contributed by atoms with Crippen molar-refractivity contribution in [3.63, 3.8) is 0 Å². The van der Waals surface area contributed by atoms with Crippen LogP contribution >= 0.6 is 0 Å². The monoisotopic (exact) mass is 190 g/mol. The van der Waals surface area contributed by atoms with Crippen LogP contribution in [0.4, 0.5) is 0 Å². The summed E-state index contributed by atoms with van der Waals surface area (Å²) in [6, 6.07) is 9.09. The molecule has 0 aliphatic heterocycles. The molecule has 1 rings (SSSR count). The van der Waals surface area contributed by atoms with E-state index in [0.717, 1.165) is 0 Å². The molecule has 1 aromatic rings. The molecule has 0 fully saturated rings. The molecule has 0 aliphatic carbocycles. The van der Waals surface area contributed by atoms with Crippen molar-refractivity contribution in [1.29, 1.82) is 5.26 Å². The molecule has 2 atom stereocenters. The quantitative estimate of drug-likeness (QED) is 0.788. The Morgan fingerprint density at radius 3 is 2.71 bits per heavy atom. The first kappa shape index (κ1) is 10.6. The van der Waals surface area contributed by atoms with Crippen LogP contribution in [0, 0.1) is 11.3 Å². The Bertz CT molecular complexity index is 341. The Balaban J connectivity index is 2.73. The van der Waals surface area contributed by atoms with Crippen LogP contribution in [0.2, 0.25) is 0 Å². The molecule has 0 saturated carbocycles. The molecule has 0 heterocycles. The number of nitrogens with two attached hydrogens (primary N) is 1. The summed E-state index contributed by atoms with van der Waals surface area (Å²) < 4.78 is 5.54. The lowest BCUT2D eigenvalue weighted by Crippen LogP contribution is -2.33. The first-order valence-electron chi connectivity index (χ1n) is 4.56. The first-order valence-corrected chi connectivity index (χ1v) is 4.56. The van der Waals surface area contributed by atoms with Crippen molar-refractivity contribution in [2.45, 2.75) is 26.0 Å². The van der Waals surface area contributed by atoms with E-state index in [0.29, 0.717) is 11.3 Å². The number of nitrogens with zero attached hydrogens (tertiary/aromatic N) is 1. The molecule has 1 aromatic carbocycles. The summed E-state index contributed by atoms with van der Waals surface area (Å²) in [7, 11) is 0. The lowest BCUT2D eigenvalue weighted by molar-refractivity contribution is 0.196. The minimum Gasteiger partial charge on any atom is -0.489 e. The van der Waals surface area contributed by atoms with Gasteiger partial charge in [-0.05, 0) is 32.0 Å². The molecule has 0 bridgehead atoms. The van der Waals surface area contributed by atoms with Gasteiger partial charge in [0.1, 0.15) is 11.9 Å². The van der Waals surface area contributed by atoms with Gasteiger partial charge in [-0.3, -0.25) is 0 Å². The van der Waals surface area contributed by atoms with Crippen molar-refractivity contribution in [1.82, 2.24) is 0 Å². The van der Waals surface area contributed by atoms with Gasteiger partial charge in [0.2, 0.25) is 0 Å². The van der Waals surface area contributed by atoms with Crippen LogP contribution in [0.15, 0.2) is 24.3 Å². The largest absolute Gasteiger partial charge is 0.489 e. The van der Waals surface area contributed by atoms with Gasteiger partial charge in [0.15, 0.2) is 0 Å². The summed E-state index contributed by atoms with van der Waals surface area (Å²) in [6.07, 6.45) is -0.0519. The number of nitriles is 1. The molecular formula is C11H14N2O. The van der Waals surface area contributed by atoms with E-state index in [4.69, 9.17) is 15.7 Å². The van der Waals surface area contributed by atoms with Gasteiger partial charge in [0.05, 0.1) is 11.6 Å². The van der Waals surface area contributed by atoms with Gasteiger partial charge >= 0.3 is 0 Å². The van der Waals surface area contributed by atoms with Gasteiger partial charge < -0.3 is 10.5 Å². The van der Waals surface area contributed by atoms with Crippen molar-refractivity contribution >= 4 is 0 Å². The third-order valence-electron chi connectivity index (χ3n) is 2.03. The first-order chi connectivity index (χ1) is 6.63. The Morgan fingerprint density at radius 2 is 2.14 bits per heavy atom. The summed E-state index contributed by atoms with van der Waals surface area (Å²) in [4.78, 5) is 0. The van der Waals surface area contributed by atoms with Crippen LogP contribution in [0.25, 0.3) is 0 Å². The maximum atomic E-state index is 8.68. The van der Waals surface area contributed by atoms with E-state index in [1.807, 2.05) is 19.9 Å². The van der Waals surface area contributed by atoms with Crippen molar-refractivity contribution < 1.29 is 4.74 Å². The van der Waals surface area contributed by atoms with Gasteiger partial charge in [-0.1, -0.05) is 6.07 Å². The molecule has 2 N–H and O–H groups in total. The number of rotatable bonds is 3. The third kappa shape index (κ3) is 2.75. The number of ether oxygens (including phenoxy) is 1. The maximum absolute atomic E-state index is 8.68. The van der Waals surface area contributed by atoms with E-state index in [2.05, 4.69) is 6.07 Å². The van der Waals surface area contributed by atoms with Crippen molar-refractivity contribution in [3.05, 3.63) is 29.8 Å². The van der Waals surface area contributed by atoms with Crippen LogP contribution in [0.3, 0.4) is 0 Å². The van der Waals surface area contributed by atoms with Crippen LogP contribution in [0.1, 0.15) is 19.4 Å². The smallest absolute Gasteiger partial charge is 0.121 e. The fraction of sp³-hybridized carbons (Fsp3) is 0.364. The fourth-order valence-corrected chi connectivity index (χ4v) is 0.961. The van der Waals surface area contributed by atoms with Crippen molar-refractivity contribution in [3.8, 4) is 11.8 Å². The molecule has 0 aliphatic rings. The second-order valence-corrected chi connectivity index (χ2v) is 3.32. The number of benzene rings is 1. The molecule has 0 saturated heterocycles. The molecular weight excluding hydrogens is 176 g/mol. The highest BCUT2D eigenvalue weighted by Crippen LogP contribution is 2.14. The molecule has 3 heteroatoms. The molecule has 0 aromatic heterocycles. The van der Waals surface area contributed by atoms with Gasteiger partial charge in [-0.2, -0.15) is 5.26 Å². The fourth-order valence-electron chi connectivity index (χ4n) is 0.961. The van der Waals surface area contributed by atoms with Crippen LogP contribution in [-0.2, 0) is 0 Å². The zero-order valence-electron chi connectivity index (χ0n) is 8.40. The van der Waals surface area contributed by atoms with Crippen LogP contribution in [-0.4, -0.2) is 12.1 Å². The van der Waals surface area contributed by atoms with Crippen molar-refractivity contribution in [2.75, 3.05) is 0 Å². The van der Waals surface area contributed by atoms with Crippen LogP contribution < -0.4 is 10.5 Å². The molecule has 3 nitrogen and oxygen atoms in total. The predicted molar refractivity (Wildman–Crippen MR) is 54.9 cm³/mol. The summed E-state index contributed by atoms with van der Waals surface area (Å²) in [6.45, 7) is 3.79. The molecule has 1 unspecified atom stereocenters.